The largest absolute Gasteiger partial charge is 0.364 e. The maximum Gasteiger partial charge on any atom is 0.249 e. The SMILES string of the molecule is COCN1C(Cc2ccccc2)=CC(=O)N(C)[C@H]1C(C)(C)C. The molecule has 0 unspecified atom stereocenters. The summed E-state index contributed by atoms with van der Waals surface area (Å²) in [5, 5.41) is 0. The monoisotopic (exact) mass is 302 g/mol. The molecule has 1 amide bonds. The second kappa shape index (κ2) is 6.53. The normalized spacial score (nSPS) is 19.4. The molecule has 0 bridgehead atoms. The summed E-state index contributed by atoms with van der Waals surface area (Å²) >= 11 is 0. The quantitative estimate of drug-likeness (QED) is 0.857. The molecule has 0 radical (unpaired) electrons. The maximum absolute atomic E-state index is 12.4. The summed E-state index contributed by atoms with van der Waals surface area (Å²) in [5.74, 6) is 0.0539. The fourth-order valence-electron chi connectivity index (χ4n) is 3.11. The van der Waals surface area contributed by atoms with Crippen molar-refractivity contribution >= 4 is 5.91 Å². The van der Waals surface area contributed by atoms with E-state index in [4.69, 9.17) is 4.74 Å². The Labute approximate surface area is 133 Å². The molecule has 0 aliphatic carbocycles. The fraction of sp³-hybridized carbons (Fsp3) is 0.500. The second-order valence-corrected chi connectivity index (χ2v) is 6.87. The third-order valence-corrected chi connectivity index (χ3v) is 3.94. The van der Waals surface area contributed by atoms with Crippen molar-refractivity contribution in [3.63, 3.8) is 0 Å². The van der Waals surface area contributed by atoms with Crippen molar-refractivity contribution in [2.24, 2.45) is 5.41 Å². The van der Waals surface area contributed by atoms with Crippen molar-refractivity contribution in [2.45, 2.75) is 33.4 Å². The van der Waals surface area contributed by atoms with Gasteiger partial charge in [0.25, 0.3) is 0 Å². The summed E-state index contributed by atoms with van der Waals surface area (Å²) in [4.78, 5) is 16.4. The van der Waals surface area contributed by atoms with Crippen LogP contribution in [0, 0.1) is 5.41 Å². The van der Waals surface area contributed by atoms with Gasteiger partial charge in [0.1, 0.15) is 12.9 Å². The Morgan fingerprint density at radius 1 is 1.18 bits per heavy atom. The number of amides is 1. The molecule has 2 rings (SSSR count). The van der Waals surface area contributed by atoms with Gasteiger partial charge in [-0.1, -0.05) is 51.1 Å². The van der Waals surface area contributed by atoms with E-state index in [-0.39, 0.29) is 17.5 Å². The van der Waals surface area contributed by atoms with Gasteiger partial charge in [-0.2, -0.15) is 0 Å². The number of methoxy groups -OCH3 is 1. The highest BCUT2D eigenvalue weighted by atomic mass is 16.5. The zero-order valence-corrected chi connectivity index (χ0v) is 14.2. The highest BCUT2D eigenvalue weighted by molar-refractivity contribution is 5.89. The summed E-state index contributed by atoms with van der Waals surface area (Å²) in [6, 6.07) is 10.2. The Bertz CT molecular complexity index is 546. The maximum atomic E-state index is 12.4. The molecule has 4 heteroatoms. The first kappa shape index (κ1) is 16.6. The summed E-state index contributed by atoms with van der Waals surface area (Å²) in [5.41, 5.74) is 2.13. The van der Waals surface area contributed by atoms with Crippen LogP contribution in [0.5, 0.6) is 0 Å². The first-order valence-corrected chi connectivity index (χ1v) is 7.61. The minimum absolute atomic E-state index is 0.0244. The van der Waals surface area contributed by atoms with E-state index in [0.29, 0.717) is 6.73 Å². The van der Waals surface area contributed by atoms with E-state index >= 15 is 0 Å². The Kier molecular flexibility index (Phi) is 4.91. The Balaban J connectivity index is 2.37. The minimum Gasteiger partial charge on any atom is -0.364 e. The fourth-order valence-corrected chi connectivity index (χ4v) is 3.11. The molecule has 22 heavy (non-hydrogen) atoms. The van der Waals surface area contributed by atoms with Crippen LogP contribution in [0.15, 0.2) is 42.1 Å². The lowest BCUT2D eigenvalue weighted by Gasteiger charge is -2.49. The number of likely N-dealkylation sites (N-methyl/N-ethyl adjacent to an activating group) is 1. The van der Waals surface area contributed by atoms with Crippen LogP contribution in [0.3, 0.4) is 0 Å². The lowest BCUT2D eigenvalue weighted by atomic mass is 9.88. The van der Waals surface area contributed by atoms with Crippen molar-refractivity contribution in [1.82, 2.24) is 9.80 Å². The molecule has 0 fully saturated rings. The Morgan fingerprint density at radius 3 is 2.36 bits per heavy atom. The lowest BCUT2D eigenvalue weighted by Crippen LogP contribution is -2.58. The standard InChI is InChI=1S/C18H26N2O2/c1-18(2,3)17-19(4)16(21)12-15(20(17)13-22-5)11-14-9-7-6-8-10-14/h6-10,12,17H,11,13H2,1-5H3/t17-/m1/s1. The molecule has 0 saturated carbocycles. The van der Waals surface area contributed by atoms with Crippen LogP contribution < -0.4 is 0 Å². The van der Waals surface area contributed by atoms with Crippen LogP contribution in [0.4, 0.5) is 0 Å². The van der Waals surface area contributed by atoms with Crippen LogP contribution in [0.2, 0.25) is 0 Å². The van der Waals surface area contributed by atoms with Crippen LogP contribution in [-0.4, -0.2) is 42.8 Å². The minimum atomic E-state index is -0.0703. The van der Waals surface area contributed by atoms with E-state index in [0.717, 1.165) is 12.1 Å². The number of rotatable bonds is 4. The molecule has 0 aromatic heterocycles. The van der Waals surface area contributed by atoms with Crippen molar-refractivity contribution in [2.75, 3.05) is 20.9 Å². The zero-order chi connectivity index (χ0) is 16.3. The van der Waals surface area contributed by atoms with Crippen LogP contribution in [-0.2, 0) is 16.0 Å². The lowest BCUT2D eigenvalue weighted by molar-refractivity contribution is -0.140. The predicted octanol–water partition coefficient (Wildman–Crippen LogP) is 2.86. The van der Waals surface area contributed by atoms with Gasteiger partial charge in [0.15, 0.2) is 0 Å². The highest BCUT2D eigenvalue weighted by Gasteiger charge is 2.39. The van der Waals surface area contributed by atoms with E-state index in [9.17, 15) is 4.79 Å². The van der Waals surface area contributed by atoms with Crippen LogP contribution >= 0.6 is 0 Å². The van der Waals surface area contributed by atoms with E-state index in [1.807, 2.05) is 25.2 Å². The Morgan fingerprint density at radius 2 is 1.82 bits per heavy atom. The summed E-state index contributed by atoms with van der Waals surface area (Å²) < 4.78 is 5.41. The third kappa shape index (κ3) is 3.50. The summed E-state index contributed by atoms with van der Waals surface area (Å²) in [6.07, 6.45) is 2.44. The average molecular weight is 302 g/mol. The molecule has 4 nitrogen and oxygen atoms in total. The van der Waals surface area contributed by atoms with E-state index in [2.05, 4.69) is 37.8 Å². The van der Waals surface area contributed by atoms with Crippen molar-refractivity contribution in [3.05, 3.63) is 47.7 Å². The number of hydrogen-bond donors (Lipinski definition) is 0. The van der Waals surface area contributed by atoms with E-state index in [1.165, 1.54) is 5.56 Å². The molecular weight excluding hydrogens is 276 g/mol. The molecule has 0 saturated heterocycles. The number of hydrogen-bond acceptors (Lipinski definition) is 3. The van der Waals surface area contributed by atoms with Crippen molar-refractivity contribution in [3.8, 4) is 0 Å². The number of allylic oxidation sites excluding steroid dienone is 1. The van der Waals surface area contributed by atoms with Gasteiger partial charge in [-0.15, -0.1) is 0 Å². The number of carbonyl (C=O) groups is 1. The van der Waals surface area contributed by atoms with E-state index < -0.39 is 0 Å². The first-order chi connectivity index (χ1) is 10.3. The molecule has 0 N–H and O–H groups in total. The second-order valence-electron chi connectivity index (χ2n) is 6.87. The van der Waals surface area contributed by atoms with Crippen molar-refractivity contribution in [1.29, 1.82) is 0 Å². The topological polar surface area (TPSA) is 32.8 Å². The van der Waals surface area contributed by atoms with Gasteiger partial charge in [-0.25, -0.2) is 0 Å². The van der Waals surface area contributed by atoms with Gasteiger partial charge >= 0.3 is 0 Å². The third-order valence-electron chi connectivity index (χ3n) is 3.94. The number of ether oxygens (including phenoxy) is 1. The smallest absolute Gasteiger partial charge is 0.249 e. The molecule has 1 aromatic carbocycles. The zero-order valence-electron chi connectivity index (χ0n) is 14.2. The highest BCUT2D eigenvalue weighted by Crippen LogP contribution is 2.33. The molecular formula is C18H26N2O2. The number of benzene rings is 1. The average Bonchev–Trinajstić information content (AvgIpc) is 2.44. The summed E-state index contributed by atoms with van der Waals surface area (Å²) in [6.45, 7) is 6.92. The van der Waals surface area contributed by atoms with Gasteiger partial charge in [0.05, 0.1) is 0 Å². The van der Waals surface area contributed by atoms with Gasteiger partial charge in [-0.05, 0) is 5.56 Å². The van der Waals surface area contributed by atoms with Crippen molar-refractivity contribution < 1.29 is 9.53 Å². The Hall–Kier alpha value is -1.81. The van der Waals surface area contributed by atoms with Gasteiger partial charge in [0, 0.05) is 37.8 Å². The summed E-state index contributed by atoms with van der Waals surface area (Å²) in [7, 11) is 3.55. The molecule has 1 heterocycles. The molecule has 1 atom stereocenters. The van der Waals surface area contributed by atoms with Crippen LogP contribution in [0.1, 0.15) is 26.3 Å². The van der Waals surface area contributed by atoms with Gasteiger partial charge in [-0.3, -0.25) is 4.79 Å². The van der Waals surface area contributed by atoms with Crippen LogP contribution in [0.25, 0.3) is 0 Å². The molecule has 120 valence electrons. The first-order valence-electron chi connectivity index (χ1n) is 7.61. The molecule has 1 aliphatic rings. The van der Waals surface area contributed by atoms with E-state index in [1.54, 1.807) is 18.1 Å². The number of carbonyl (C=O) groups excluding carboxylic acids is 1. The predicted molar refractivity (Wildman–Crippen MR) is 88.0 cm³/mol. The number of nitrogens with zero attached hydrogens (tertiary/aromatic N) is 2. The molecule has 1 aliphatic heterocycles. The van der Waals surface area contributed by atoms with Gasteiger partial charge < -0.3 is 14.5 Å². The van der Waals surface area contributed by atoms with Gasteiger partial charge in [0.2, 0.25) is 5.91 Å². The molecule has 1 aromatic rings. The molecule has 0 spiro atoms.